The van der Waals surface area contributed by atoms with Gasteiger partial charge >= 0.3 is 17.8 Å². The quantitative estimate of drug-likeness (QED) is 0.178. The number of para-hydroxylation sites is 2. The van der Waals surface area contributed by atoms with Gasteiger partial charge in [-0.2, -0.15) is 5.10 Å². The molecule has 0 fully saturated rings. The first-order valence-corrected chi connectivity index (χ1v) is 10.1. The molecule has 8 nitrogen and oxygen atoms in total. The maximum Gasteiger partial charge on any atom is 0.344 e. The molecule has 0 spiro atoms. The predicted octanol–water partition coefficient (Wildman–Crippen LogP) is 3.77. The average Bonchev–Trinajstić information content (AvgIpc) is 2.80. The van der Waals surface area contributed by atoms with Crippen LogP contribution >= 0.6 is 15.9 Å². The predicted molar refractivity (Wildman–Crippen MR) is 123 cm³/mol. The van der Waals surface area contributed by atoms with Crippen LogP contribution in [0.2, 0.25) is 0 Å². The number of rotatable bonds is 6. The third kappa shape index (κ3) is 6.02. The van der Waals surface area contributed by atoms with Gasteiger partial charge in [0.1, 0.15) is 11.5 Å². The molecule has 3 aromatic rings. The topological polar surface area (TPSA) is 106 Å². The van der Waals surface area contributed by atoms with E-state index in [9.17, 15) is 14.4 Å². The molecular weight excluding hydrogens is 478 g/mol. The van der Waals surface area contributed by atoms with Crippen LogP contribution in [-0.2, 0) is 9.59 Å². The molecule has 0 atom stereocenters. The van der Waals surface area contributed by atoms with E-state index in [0.29, 0.717) is 32.8 Å². The van der Waals surface area contributed by atoms with Gasteiger partial charge in [0, 0.05) is 4.47 Å². The van der Waals surface area contributed by atoms with Crippen molar-refractivity contribution in [3.8, 4) is 11.5 Å². The smallest absolute Gasteiger partial charge is 0.344 e. The van der Waals surface area contributed by atoms with E-state index >= 15 is 0 Å². The monoisotopic (exact) mass is 495 g/mol. The van der Waals surface area contributed by atoms with Gasteiger partial charge in [0.25, 0.3) is 0 Å². The van der Waals surface area contributed by atoms with Crippen LogP contribution in [0.5, 0.6) is 11.5 Å². The van der Waals surface area contributed by atoms with Crippen LogP contribution in [0.4, 0.5) is 5.69 Å². The van der Waals surface area contributed by atoms with E-state index in [1.54, 1.807) is 72.8 Å². The molecular formula is C23H18BrN3O5. The number of hydrazone groups is 1. The molecule has 0 aliphatic rings. The molecule has 0 aliphatic carbocycles. The lowest BCUT2D eigenvalue weighted by Gasteiger charge is -2.08. The molecule has 2 N–H and O–H groups in total. The van der Waals surface area contributed by atoms with E-state index in [1.165, 1.54) is 13.3 Å². The second-order valence-corrected chi connectivity index (χ2v) is 7.15. The molecule has 3 rings (SSSR count). The van der Waals surface area contributed by atoms with Crippen molar-refractivity contribution in [2.75, 3.05) is 12.4 Å². The number of nitrogens with zero attached hydrogens (tertiary/aromatic N) is 1. The molecule has 2 amide bonds. The van der Waals surface area contributed by atoms with Crippen molar-refractivity contribution in [1.29, 1.82) is 0 Å². The Hall–Kier alpha value is -3.98. The number of hydrogen-bond acceptors (Lipinski definition) is 6. The summed E-state index contributed by atoms with van der Waals surface area (Å²) in [4.78, 5) is 36.2. The Bertz CT molecular complexity index is 1160. The fraction of sp³-hybridized carbons (Fsp3) is 0.0435. The van der Waals surface area contributed by atoms with Crippen molar-refractivity contribution >= 4 is 45.6 Å². The van der Waals surface area contributed by atoms with Gasteiger partial charge in [0.2, 0.25) is 0 Å². The van der Waals surface area contributed by atoms with E-state index in [4.69, 9.17) is 9.47 Å². The largest absolute Gasteiger partial charge is 0.495 e. The van der Waals surface area contributed by atoms with Gasteiger partial charge in [0.05, 0.1) is 24.6 Å². The SMILES string of the molecule is COc1ccccc1NC(=O)C(=O)N/N=C/c1ccc(OC(=O)c2ccccc2Br)cc1. The molecule has 0 aliphatic heterocycles. The minimum atomic E-state index is -0.939. The number of carbonyl (C=O) groups is 3. The minimum Gasteiger partial charge on any atom is -0.495 e. The highest BCUT2D eigenvalue weighted by atomic mass is 79.9. The van der Waals surface area contributed by atoms with Crippen molar-refractivity contribution < 1.29 is 23.9 Å². The number of methoxy groups -OCH3 is 1. The van der Waals surface area contributed by atoms with Crippen molar-refractivity contribution in [1.82, 2.24) is 5.43 Å². The number of nitrogens with one attached hydrogen (secondary N) is 2. The zero-order valence-electron chi connectivity index (χ0n) is 16.9. The average molecular weight is 496 g/mol. The number of esters is 1. The molecule has 0 bridgehead atoms. The van der Waals surface area contributed by atoms with Gasteiger partial charge < -0.3 is 14.8 Å². The molecule has 3 aromatic carbocycles. The second-order valence-electron chi connectivity index (χ2n) is 6.29. The lowest BCUT2D eigenvalue weighted by molar-refractivity contribution is -0.136. The Morgan fingerprint density at radius 3 is 2.31 bits per heavy atom. The van der Waals surface area contributed by atoms with Crippen LogP contribution in [-0.4, -0.2) is 31.1 Å². The maximum atomic E-state index is 12.2. The number of hydrogen-bond donors (Lipinski definition) is 2. The van der Waals surface area contributed by atoms with E-state index < -0.39 is 17.8 Å². The Morgan fingerprint density at radius 1 is 0.906 bits per heavy atom. The van der Waals surface area contributed by atoms with Gasteiger partial charge in [-0.25, -0.2) is 10.2 Å². The molecule has 162 valence electrons. The van der Waals surface area contributed by atoms with Crippen LogP contribution in [0.3, 0.4) is 0 Å². The van der Waals surface area contributed by atoms with E-state index in [2.05, 4.69) is 31.8 Å². The van der Waals surface area contributed by atoms with Crippen molar-refractivity contribution in [2.24, 2.45) is 5.10 Å². The third-order valence-electron chi connectivity index (χ3n) is 4.13. The van der Waals surface area contributed by atoms with Crippen LogP contribution < -0.4 is 20.2 Å². The fourth-order valence-corrected chi connectivity index (χ4v) is 3.00. The highest BCUT2D eigenvalue weighted by Crippen LogP contribution is 2.23. The first kappa shape index (κ1) is 22.7. The van der Waals surface area contributed by atoms with Gasteiger partial charge in [-0.1, -0.05) is 24.3 Å². The number of amides is 2. The standard InChI is InChI=1S/C23H18BrN3O5/c1-31-20-9-5-4-8-19(20)26-21(28)22(29)27-25-14-15-10-12-16(13-11-15)32-23(30)17-6-2-3-7-18(17)24/h2-14H,1H3,(H,26,28)(H,27,29)/b25-14+. The van der Waals surface area contributed by atoms with Gasteiger partial charge in [0.15, 0.2) is 0 Å². The molecule has 0 saturated carbocycles. The summed E-state index contributed by atoms with van der Waals surface area (Å²) in [5.41, 5.74) is 3.55. The zero-order chi connectivity index (χ0) is 22.9. The summed E-state index contributed by atoms with van der Waals surface area (Å²) in [6.07, 6.45) is 1.35. The Labute approximate surface area is 192 Å². The molecule has 0 radical (unpaired) electrons. The second kappa shape index (κ2) is 10.9. The van der Waals surface area contributed by atoms with Crippen LogP contribution in [0.1, 0.15) is 15.9 Å². The first-order chi connectivity index (χ1) is 15.5. The zero-order valence-corrected chi connectivity index (χ0v) is 18.5. The van der Waals surface area contributed by atoms with Crippen LogP contribution in [0.15, 0.2) is 82.4 Å². The first-order valence-electron chi connectivity index (χ1n) is 9.32. The summed E-state index contributed by atoms with van der Waals surface area (Å²) < 4.78 is 11.1. The third-order valence-corrected chi connectivity index (χ3v) is 4.82. The highest BCUT2D eigenvalue weighted by molar-refractivity contribution is 9.10. The Kier molecular flexibility index (Phi) is 7.71. The molecule has 0 unspecified atom stereocenters. The van der Waals surface area contributed by atoms with E-state index in [0.717, 1.165) is 0 Å². The molecule has 0 aromatic heterocycles. The normalized spacial score (nSPS) is 10.4. The molecule has 32 heavy (non-hydrogen) atoms. The van der Waals surface area contributed by atoms with Crippen LogP contribution in [0, 0.1) is 0 Å². The van der Waals surface area contributed by atoms with Gasteiger partial charge in [-0.15, -0.1) is 0 Å². The van der Waals surface area contributed by atoms with Gasteiger partial charge in [-0.3, -0.25) is 9.59 Å². The summed E-state index contributed by atoms with van der Waals surface area (Å²) in [6, 6.07) is 20.1. The Morgan fingerprint density at radius 2 is 1.59 bits per heavy atom. The summed E-state index contributed by atoms with van der Waals surface area (Å²) >= 11 is 3.31. The number of anilines is 1. The number of benzene rings is 3. The minimum absolute atomic E-state index is 0.350. The van der Waals surface area contributed by atoms with Crippen molar-refractivity contribution in [3.05, 3.63) is 88.4 Å². The molecule has 0 saturated heterocycles. The lowest BCUT2D eigenvalue weighted by atomic mass is 10.2. The van der Waals surface area contributed by atoms with E-state index in [1.807, 2.05) is 0 Å². The Balaban J connectivity index is 1.53. The maximum absolute atomic E-state index is 12.2. The fourth-order valence-electron chi connectivity index (χ4n) is 2.55. The van der Waals surface area contributed by atoms with Crippen LogP contribution in [0.25, 0.3) is 0 Å². The molecule has 0 heterocycles. The summed E-state index contributed by atoms with van der Waals surface area (Å²) in [6.45, 7) is 0. The summed E-state index contributed by atoms with van der Waals surface area (Å²) in [7, 11) is 1.46. The van der Waals surface area contributed by atoms with Gasteiger partial charge in [-0.05, 0) is 70.0 Å². The highest BCUT2D eigenvalue weighted by Gasteiger charge is 2.15. The van der Waals surface area contributed by atoms with E-state index in [-0.39, 0.29) is 0 Å². The number of carbonyl (C=O) groups excluding carboxylic acids is 3. The summed E-state index contributed by atoms with van der Waals surface area (Å²) in [5.74, 6) is -1.54. The molecule has 9 heteroatoms. The number of halogens is 1. The lowest BCUT2D eigenvalue weighted by Crippen LogP contribution is -2.32. The summed E-state index contributed by atoms with van der Waals surface area (Å²) in [5, 5.41) is 6.22. The number of ether oxygens (including phenoxy) is 2. The van der Waals surface area contributed by atoms with Crippen molar-refractivity contribution in [2.45, 2.75) is 0 Å². The van der Waals surface area contributed by atoms with Crippen molar-refractivity contribution in [3.63, 3.8) is 0 Å².